The highest BCUT2D eigenvalue weighted by Gasteiger charge is 2.52. The van der Waals surface area contributed by atoms with Crippen molar-refractivity contribution < 1.29 is 9.53 Å². The number of hydrogen-bond donors (Lipinski definition) is 1. The third-order valence-corrected chi connectivity index (χ3v) is 9.50. The quantitative estimate of drug-likeness (QED) is 0.303. The highest BCUT2D eigenvalue weighted by atomic mass is 16.5. The molecule has 1 unspecified atom stereocenters. The zero-order chi connectivity index (χ0) is 28.9. The number of hydrogen-bond acceptors (Lipinski definition) is 4. The zero-order valence-electron chi connectivity index (χ0n) is 25.4. The molecule has 0 radical (unpaired) electrons. The van der Waals surface area contributed by atoms with Crippen LogP contribution in [-0.2, 0) is 11.3 Å². The minimum Gasteiger partial charge on any atom is -0.496 e. The zero-order valence-corrected chi connectivity index (χ0v) is 25.4. The molecule has 2 bridgehead atoms. The number of amides is 1. The molecule has 1 N–H and O–H groups in total. The Kier molecular flexibility index (Phi) is 9.46. The van der Waals surface area contributed by atoms with Crippen LogP contribution in [0.25, 0.3) is 0 Å². The van der Waals surface area contributed by atoms with Crippen LogP contribution in [0.5, 0.6) is 5.75 Å². The molecule has 5 nitrogen and oxygen atoms in total. The highest BCUT2D eigenvalue weighted by molar-refractivity contribution is 5.80. The predicted octanol–water partition coefficient (Wildman–Crippen LogP) is 6.30. The Morgan fingerprint density at radius 3 is 2.15 bits per heavy atom. The van der Waals surface area contributed by atoms with Gasteiger partial charge in [0.25, 0.3) is 0 Å². The number of carbonyl (C=O) groups is 1. The average Bonchev–Trinajstić information content (AvgIpc) is 3.02. The van der Waals surface area contributed by atoms with Crippen LogP contribution in [0.2, 0.25) is 0 Å². The molecular formula is C36H47N3O2. The summed E-state index contributed by atoms with van der Waals surface area (Å²) in [4.78, 5) is 18.5. The van der Waals surface area contributed by atoms with Gasteiger partial charge in [-0.1, -0.05) is 86.6 Å². The van der Waals surface area contributed by atoms with Gasteiger partial charge in [-0.25, -0.2) is 0 Å². The van der Waals surface area contributed by atoms with E-state index in [2.05, 4.69) is 117 Å². The van der Waals surface area contributed by atoms with E-state index in [0.29, 0.717) is 18.4 Å². The number of benzene rings is 3. The van der Waals surface area contributed by atoms with E-state index in [0.717, 1.165) is 38.3 Å². The first kappa shape index (κ1) is 29.3. The third-order valence-electron chi connectivity index (χ3n) is 9.50. The maximum atomic E-state index is 13.9. The molecule has 1 amide bonds. The van der Waals surface area contributed by atoms with E-state index >= 15 is 0 Å². The van der Waals surface area contributed by atoms with E-state index in [1.165, 1.54) is 22.3 Å². The summed E-state index contributed by atoms with van der Waals surface area (Å²) in [6, 6.07) is 28.8. The Bertz CT molecular complexity index is 1230. The Labute approximate surface area is 246 Å². The van der Waals surface area contributed by atoms with Crippen molar-refractivity contribution in [3.8, 4) is 5.75 Å². The molecule has 41 heavy (non-hydrogen) atoms. The Balaban J connectivity index is 1.55. The summed E-state index contributed by atoms with van der Waals surface area (Å²) in [5, 5.41) is 4.05. The predicted molar refractivity (Wildman–Crippen MR) is 167 cm³/mol. The monoisotopic (exact) mass is 553 g/mol. The van der Waals surface area contributed by atoms with Crippen LogP contribution >= 0.6 is 0 Å². The normalized spacial score (nSPS) is 23.6. The van der Waals surface area contributed by atoms with Crippen LogP contribution in [0.4, 0.5) is 0 Å². The number of nitrogens with zero attached hydrogens (tertiary/aromatic N) is 2. The molecule has 3 saturated heterocycles. The van der Waals surface area contributed by atoms with Gasteiger partial charge in [-0.15, -0.1) is 0 Å². The van der Waals surface area contributed by atoms with Crippen molar-refractivity contribution in [2.24, 2.45) is 11.8 Å². The van der Waals surface area contributed by atoms with Gasteiger partial charge in [-0.3, -0.25) is 9.69 Å². The maximum absolute atomic E-state index is 13.9. The molecule has 3 heterocycles. The molecule has 3 aromatic rings. The van der Waals surface area contributed by atoms with Crippen molar-refractivity contribution >= 4 is 5.91 Å². The first-order chi connectivity index (χ1) is 20.0. The number of ether oxygens (including phenoxy) is 1. The first-order valence-corrected chi connectivity index (χ1v) is 15.5. The van der Waals surface area contributed by atoms with Gasteiger partial charge in [0.2, 0.25) is 5.91 Å². The smallest absolute Gasteiger partial charge is 0.227 e. The van der Waals surface area contributed by atoms with Crippen molar-refractivity contribution in [3.05, 3.63) is 101 Å². The summed E-state index contributed by atoms with van der Waals surface area (Å²) >= 11 is 0. The van der Waals surface area contributed by atoms with Crippen LogP contribution in [0, 0.1) is 11.8 Å². The summed E-state index contributed by atoms with van der Waals surface area (Å²) in [7, 11) is 1.75. The van der Waals surface area contributed by atoms with E-state index in [9.17, 15) is 4.79 Å². The fourth-order valence-corrected chi connectivity index (χ4v) is 7.33. The molecular weight excluding hydrogens is 506 g/mol. The van der Waals surface area contributed by atoms with Gasteiger partial charge in [0, 0.05) is 49.7 Å². The summed E-state index contributed by atoms with van der Waals surface area (Å²) in [6.45, 7) is 12.7. The van der Waals surface area contributed by atoms with Crippen molar-refractivity contribution in [3.63, 3.8) is 0 Å². The Hall–Kier alpha value is -3.15. The van der Waals surface area contributed by atoms with E-state index in [1.54, 1.807) is 7.11 Å². The van der Waals surface area contributed by atoms with Crippen LogP contribution in [-0.4, -0.2) is 61.1 Å². The number of piperidine rings is 3. The van der Waals surface area contributed by atoms with E-state index in [4.69, 9.17) is 4.74 Å². The maximum Gasteiger partial charge on any atom is 0.227 e. The number of nitrogens with one attached hydrogen (secondary N) is 1. The molecule has 5 heteroatoms. The van der Waals surface area contributed by atoms with Gasteiger partial charge >= 0.3 is 0 Å². The van der Waals surface area contributed by atoms with Crippen LogP contribution in [0.3, 0.4) is 0 Å². The van der Waals surface area contributed by atoms with E-state index in [1.807, 2.05) is 4.90 Å². The van der Waals surface area contributed by atoms with Crippen molar-refractivity contribution in [1.29, 1.82) is 0 Å². The first-order valence-electron chi connectivity index (χ1n) is 15.5. The van der Waals surface area contributed by atoms with Gasteiger partial charge < -0.3 is 15.0 Å². The van der Waals surface area contributed by atoms with Gasteiger partial charge in [-0.2, -0.15) is 0 Å². The van der Waals surface area contributed by atoms with Crippen LogP contribution in [0.1, 0.15) is 68.2 Å². The van der Waals surface area contributed by atoms with E-state index in [-0.39, 0.29) is 29.8 Å². The van der Waals surface area contributed by atoms with Crippen LogP contribution in [0.15, 0.2) is 78.9 Å². The number of carbonyl (C=O) groups excluding carboxylic acids is 1. The van der Waals surface area contributed by atoms with Crippen molar-refractivity contribution in [1.82, 2.24) is 15.1 Å². The lowest BCUT2D eigenvalue weighted by molar-refractivity contribution is -0.145. The molecule has 218 valence electrons. The van der Waals surface area contributed by atoms with Gasteiger partial charge in [0.15, 0.2) is 0 Å². The molecule has 6 rings (SSSR count). The fourth-order valence-electron chi connectivity index (χ4n) is 7.33. The molecule has 5 atom stereocenters. The molecule has 3 aliphatic heterocycles. The Morgan fingerprint density at radius 1 is 0.951 bits per heavy atom. The highest BCUT2D eigenvalue weighted by Crippen LogP contribution is 2.45. The second kappa shape index (κ2) is 13.2. The summed E-state index contributed by atoms with van der Waals surface area (Å²) in [6.07, 6.45) is 1.03. The molecule has 3 aromatic carbocycles. The van der Waals surface area contributed by atoms with Gasteiger partial charge in [0.1, 0.15) is 5.75 Å². The number of methoxy groups -OCH3 is 1. The lowest BCUT2D eigenvalue weighted by atomic mass is 9.66. The van der Waals surface area contributed by atoms with Crippen LogP contribution < -0.4 is 10.1 Å². The molecule has 0 aliphatic carbocycles. The minimum atomic E-state index is 0.00786. The minimum absolute atomic E-state index is 0.00786. The summed E-state index contributed by atoms with van der Waals surface area (Å²) in [5.74, 6) is 2.15. The molecule has 0 spiro atoms. The van der Waals surface area contributed by atoms with Crippen molar-refractivity contribution in [2.75, 3.05) is 33.3 Å². The summed E-state index contributed by atoms with van der Waals surface area (Å²) < 4.78 is 5.80. The molecule has 3 fully saturated rings. The number of rotatable bonds is 11. The second-order valence-corrected chi connectivity index (χ2v) is 12.0. The molecule has 3 aliphatic rings. The van der Waals surface area contributed by atoms with E-state index < -0.39 is 0 Å². The van der Waals surface area contributed by atoms with Crippen molar-refractivity contribution in [2.45, 2.75) is 64.6 Å². The third kappa shape index (κ3) is 6.07. The molecule has 0 saturated carbocycles. The average molecular weight is 554 g/mol. The SMILES string of the molecule is CCN(CC)C(=O)[C@H]1CN2CC[C@@H]1[C@H](NCc1cc(C(C)C)ccc1OC)[C@H]2C(c1ccccc1)c1ccccc1. The molecule has 0 aromatic heterocycles. The largest absolute Gasteiger partial charge is 0.496 e. The fraction of sp³-hybridized carbons (Fsp3) is 0.472. The number of fused-ring (bicyclic) bond motifs is 3. The van der Waals surface area contributed by atoms with Gasteiger partial charge in [0.05, 0.1) is 13.0 Å². The second-order valence-electron chi connectivity index (χ2n) is 12.0. The lowest BCUT2D eigenvalue weighted by Crippen LogP contribution is -2.69. The Morgan fingerprint density at radius 2 is 1.59 bits per heavy atom. The summed E-state index contributed by atoms with van der Waals surface area (Å²) in [5.41, 5.74) is 5.15. The lowest BCUT2D eigenvalue weighted by Gasteiger charge is -2.57. The standard InChI is InChI=1S/C36H47N3O2/c1-6-38(7-2)36(40)31-24-39-21-20-30(31)34(37-23-29-22-28(25(3)4)18-19-32(29)41-5)35(39)33(26-14-10-8-11-15-26)27-16-12-9-13-17-27/h8-19,22,25,30-31,33-35,37H,6-7,20-21,23-24H2,1-5H3/t30-,31-,34-,35+/m0/s1. The topological polar surface area (TPSA) is 44.8 Å². The van der Waals surface area contributed by atoms with Gasteiger partial charge in [-0.05, 0) is 61.4 Å².